The van der Waals surface area contributed by atoms with Gasteiger partial charge in [0.15, 0.2) is 0 Å². The van der Waals surface area contributed by atoms with E-state index >= 15 is 0 Å². The quantitative estimate of drug-likeness (QED) is 0.827. The van der Waals surface area contributed by atoms with Gasteiger partial charge in [-0.05, 0) is 44.0 Å². The average Bonchev–Trinajstić information content (AvgIpc) is 2.94. The largest absolute Gasteiger partial charge is 0.381 e. The van der Waals surface area contributed by atoms with Crippen molar-refractivity contribution in [2.45, 2.75) is 24.8 Å². The molecule has 0 saturated carbocycles. The third kappa shape index (κ3) is 4.00. The third-order valence-electron chi connectivity index (χ3n) is 3.61. The Morgan fingerprint density at radius 3 is 2.81 bits per heavy atom. The minimum absolute atomic E-state index is 0.00617. The Hall–Kier alpha value is -1.02. The summed E-state index contributed by atoms with van der Waals surface area (Å²) in [5, 5.41) is 2.89. The summed E-state index contributed by atoms with van der Waals surface area (Å²) in [7, 11) is -1.99. The van der Waals surface area contributed by atoms with Crippen LogP contribution < -0.4 is 10.0 Å². The zero-order valence-electron chi connectivity index (χ0n) is 12.3. The maximum atomic E-state index is 13.9. The first-order chi connectivity index (χ1) is 9.94. The van der Waals surface area contributed by atoms with Crippen LogP contribution in [0.25, 0.3) is 0 Å². The first-order valence-electron chi connectivity index (χ1n) is 6.95. The van der Waals surface area contributed by atoms with Gasteiger partial charge in [0.25, 0.3) is 0 Å². The van der Waals surface area contributed by atoms with Crippen molar-refractivity contribution >= 4 is 10.0 Å². The lowest BCUT2D eigenvalue weighted by Gasteiger charge is -2.14. The number of nitrogens with one attached hydrogen (secondary N) is 2. The van der Waals surface area contributed by atoms with E-state index in [1.807, 2.05) is 0 Å². The Morgan fingerprint density at radius 1 is 1.43 bits per heavy atom. The highest BCUT2D eigenvalue weighted by molar-refractivity contribution is 7.89. The van der Waals surface area contributed by atoms with Crippen molar-refractivity contribution in [1.82, 2.24) is 10.0 Å². The molecule has 1 aliphatic rings. The molecule has 1 heterocycles. The van der Waals surface area contributed by atoms with E-state index in [0.717, 1.165) is 6.42 Å². The van der Waals surface area contributed by atoms with Crippen LogP contribution in [-0.2, 0) is 21.3 Å². The van der Waals surface area contributed by atoms with Gasteiger partial charge in [-0.25, -0.2) is 17.5 Å². The van der Waals surface area contributed by atoms with Crippen LogP contribution in [0.15, 0.2) is 17.0 Å². The standard InChI is InChI=1S/C14H21FN2O3S/c1-10-13(15)5-12(7-16-2)6-14(10)21(18,19)17-8-11-3-4-20-9-11/h5-6,11,16-17H,3-4,7-9H2,1-2H3. The van der Waals surface area contributed by atoms with Gasteiger partial charge in [0.05, 0.1) is 11.5 Å². The van der Waals surface area contributed by atoms with Crippen LogP contribution in [0.1, 0.15) is 17.5 Å². The van der Waals surface area contributed by atoms with Crippen molar-refractivity contribution < 1.29 is 17.5 Å². The molecule has 1 atom stereocenters. The molecular formula is C14H21FN2O3S. The molecule has 0 amide bonds. The summed E-state index contributed by atoms with van der Waals surface area (Å²) in [6.07, 6.45) is 0.843. The SMILES string of the molecule is CNCc1cc(F)c(C)c(S(=O)(=O)NCC2CCOC2)c1. The van der Waals surface area contributed by atoms with Gasteiger partial charge >= 0.3 is 0 Å². The molecule has 1 aliphatic heterocycles. The molecule has 1 saturated heterocycles. The second-order valence-electron chi connectivity index (χ2n) is 5.31. The van der Waals surface area contributed by atoms with Gasteiger partial charge in [-0.15, -0.1) is 0 Å². The molecule has 5 nitrogen and oxygen atoms in total. The van der Waals surface area contributed by atoms with Crippen molar-refractivity contribution in [3.63, 3.8) is 0 Å². The maximum absolute atomic E-state index is 13.9. The number of sulfonamides is 1. The van der Waals surface area contributed by atoms with Gasteiger partial charge in [0.2, 0.25) is 10.0 Å². The van der Waals surface area contributed by atoms with Crippen LogP contribution >= 0.6 is 0 Å². The molecule has 1 aromatic carbocycles. The Kier molecular flexibility index (Phi) is 5.32. The van der Waals surface area contributed by atoms with Crippen LogP contribution in [0.4, 0.5) is 4.39 Å². The molecule has 2 N–H and O–H groups in total. The first-order valence-corrected chi connectivity index (χ1v) is 8.43. The van der Waals surface area contributed by atoms with Gasteiger partial charge in [-0.1, -0.05) is 0 Å². The second kappa shape index (κ2) is 6.83. The number of benzene rings is 1. The number of halogens is 1. The number of hydrogen-bond acceptors (Lipinski definition) is 4. The highest BCUT2D eigenvalue weighted by Gasteiger charge is 2.23. The van der Waals surface area contributed by atoms with Crippen LogP contribution in [0.3, 0.4) is 0 Å². The summed E-state index contributed by atoms with van der Waals surface area (Å²) in [4.78, 5) is 0.00617. The highest BCUT2D eigenvalue weighted by atomic mass is 32.2. The van der Waals surface area contributed by atoms with Crippen molar-refractivity contribution in [3.8, 4) is 0 Å². The lowest BCUT2D eigenvalue weighted by Crippen LogP contribution is -2.30. The molecule has 21 heavy (non-hydrogen) atoms. The van der Waals surface area contributed by atoms with Gasteiger partial charge in [-0.3, -0.25) is 0 Å². The minimum Gasteiger partial charge on any atom is -0.381 e. The molecule has 0 spiro atoms. The Labute approximate surface area is 124 Å². The van der Waals surface area contributed by atoms with Crippen molar-refractivity contribution in [2.24, 2.45) is 5.92 Å². The predicted octanol–water partition coefficient (Wildman–Crippen LogP) is 1.17. The summed E-state index contributed by atoms with van der Waals surface area (Å²) < 4.78 is 46.4. The number of hydrogen-bond donors (Lipinski definition) is 2. The molecule has 118 valence electrons. The van der Waals surface area contributed by atoms with E-state index in [2.05, 4.69) is 10.0 Å². The van der Waals surface area contributed by atoms with E-state index in [0.29, 0.717) is 31.9 Å². The zero-order chi connectivity index (χ0) is 15.5. The number of ether oxygens (including phenoxy) is 1. The lowest BCUT2D eigenvalue weighted by molar-refractivity contribution is 0.186. The molecule has 2 rings (SSSR count). The Balaban J connectivity index is 2.21. The Bertz CT molecular complexity index is 598. The second-order valence-corrected chi connectivity index (χ2v) is 7.05. The van der Waals surface area contributed by atoms with E-state index in [1.54, 1.807) is 7.05 Å². The number of rotatable bonds is 6. The summed E-state index contributed by atoms with van der Waals surface area (Å²) in [5.41, 5.74) is 0.746. The molecule has 1 aromatic rings. The van der Waals surface area contributed by atoms with E-state index < -0.39 is 15.8 Å². The van der Waals surface area contributed by atoms with Crippen molar-refractivity contribution in [2.75, 3.05) is 26.8 Å². The average molecular weight is 316 g/mol. The van der Waals surface area contributed by atoms with Crippen LogP contribution in [0.5, 0.6) is 0 Å². The van der Waals surface area contributed by atoms with Crippen molar-refractivity contribution in [3.05, 3.63) is 29.1 Å². The van der Waals surface area contributed by atoms with Gasteiger partial charge in [0.1, 0.15) is 5.82 Å². The summed E-state index contributed by atoms with van der Waals surface area (Å²) in [5.74, 6) is -0.322. The van der Waals surface area contributed by atoms with Crippen molar-refractivity contribution in [1.29, 1.82) is 0 Å². The maximum Gasteiger partial charge on any atom is 0.240 e. The van der Waals surface area contributed by atoms with Crippen LogP contribution in [0.2, 0.25) is 0 Å². The van der Waals surface area contributed by atoms with Gasteiger partial charge in [-0.2, -0.15) is 0 Å². The Morgan fingerprint density at radius 2 is 2.19 bits per heavy atom. The fraction of sp³-hybridized carbons (Fsp3) is 0.571. The monoisotopic (exact) mass is 316 g/mol. The summed E-state index contributed by atoms with van der Waals surface area (Å²) in [6.45, 7) is 3.44. The molecule has 0 aromatic heterocycles. The fourth-order valence-electron chi connectivity index (χ4n) is 2.34. The van der Waals surface area contributed by atoms with E-state index in [4.69, 9.17) is 4.74 Å². The van der Waals surface area contributed by atoms with Crippen LogP contribution in [-0.4, -0.2) is 35.2 Å². The summed E-state index contributed by atoms with van der Waals surface area (Å²) in [6, 6.07) is 2.87. The molecule has 7 heteroatoms. The smallest absolute Gasteiger partial charge is 0.240 e. The predicted molar refractivity (Wildman–Crippen MR) is 78.0 cm³/mol. The van der Waals surface area contributed by atoms with Gasteiger partial charge < -0.3 is 10.1 Å². The highest BCUT2D eigenvalue weighted by Crippen LogP contribution is 2.21. The van der Waals surface area contributed by atoms with Gasteiger partial charge in [0, 0.05) is 25.3 Å². The molecular weight excluding hydrogens is 295 g/mol. The summed E-state index contributed by atoms with van der Waals surface area (Å²) >= 11 is 0. The molecule has 0 bridgehead atoms. The molecule has 0 radical (unpaired) electrons. The van der Waals surface area contributed by atoms with E-state index in [9.17, 15) is 12.8 Å². The van der Waals surface area contributed by atoms with E-state index in [-0.39, 0.29) is 16.4 Å². The third-order valence-corrected chi connectivity index (χ3v) is 5.16. The molecule has 1 unspecified atom stereocenters. The minimum atomic E-state index is -3.72. The van der Waals surface area contributed by atoms with E-state index in [1.165, 1.54) is 19.1 Å². The zero-order valence-corrected chi connectivity index (χ0v) is 13.1. The lowest BCUT2D eigenvalue weighted by atomic mass is 10.1. The molecule has 0 aliphatic carbocycles. The first kappa shape index (κ1) is 16.4. The molecule has 1 fully saturated rings. The topological polar surface area (TPSA) is 67.4 Å². The van der Waals surface area contributed by atoms with Crippen LogP contribution in [0, 0.1) is 18.7 Å². The fourth-order valence-corrected chi connectivity index (χ4v) is 3.76. The normalized spacial score (nSPS) is 19.1.